The minimum absolute atomic E-state index is 0.111. The zero-order valence-corrected chi connectivity index (χ0v) is 16.0. The topological polar surface area (TPSA) is 69.0 Å². The van der Waals surface area contributed by atoms with E-state index in [0.29, 0.717) is 30.0 Å². The predicted octanol–water partition coefficient (Wildman–Crippen LogP) is 2.78. The summed E-state index contributed by atoms with van der Waals surface area (Å²) in [6, 6.07) is 4.77. The van der Waals surface area contributed by atoms with Gasteiger partial charge in [-0.15, -0.1) is 0 Å². The number of fused-ring (bicyclic) bond motifs is 1. The standard InChI is InChI=1S/C20H21FN4O3/c1-12-8-16(21)15(20(26)27-3)9-14(12)17-10-18(24-4-6-28-7-5-24)19-22-13(2)11-25(19)23-17/h8-11H,4-7H2,1-3H3. The van der Waals surface area contributed by atoms with Gasteiger partial charge < -0.3 is 14.4 Å². The minimum Gasteiger partial charge on any atom is -0.465 e. The quantitative estimate of drug-likeness (QED) is 0.647. The molecule has 3 aromatic rings. The van der Waals surface area contributed by atoms with Gasteiger partial charge in [0.25, 0.3) is 0 Å². The lowest BCUT2D eigenvalue weighted by Gasteiger charge is -2.29. The first-order chi connectivity index (χ1) is 13.5. The molecule has 2 aromatic heterocycles. The molecule has 0 bridgehead atoms. The molecule has 3 heterocycles. The summed E-state index contributed by atoms with van der Waals surface area (Å²) < 4.78 is 26.1. The Hall–Kier alpha value is -3.00. The first-order valence-electron chi connectivity index (χ1n) is 9.06. The summed E-state index contributed by atoms with van der Waals surface area (Å²) in [5.74, 6) is -1.33. The van der Waals surface area contributed by atoms with Gasteiger partial charge in [-0.05, 0) is 37.6 Å². The van der Waals surface area contributed by atoms with E-state index in [4.69, 9.17) is 9.47 Å². The number of esters is 1. The van der Waals surface area contributed by atoms with Crippen LogP contribution in [-0.2, 0) is 9.47 Å². The van der Waals surface area contributed by atoms with Crippen molar-refractivity contribution < 1.29 is 18.7 Å². The van der Waals surface area contributed by atoms with Crippen LogP contribution in [0.1, 0.15) is 21.6 Å². The summed E-state index contributed by atoms with van der Waals surface area (Å²) in [6.07, 6.45) is 1.85. The Morgan fingerprint density at radius 3 is 2.68 bits per heavy atom. The molecule has 7 nitrogen and oxygen atoms in total. The molecule has 0 saturated carbocycles. The van der Waals surface area contributed by atoms with Crippen LogP contribution < -0.4 is 4.90 Å². The number of carbonyl (C=O) groups excluding carboxylic acids is 1. The van der Waals surface area contributed by atoms with Crippen molar-refractivity contribution in [2.45, 2.75) is 13.8 Å². The summed E-state index contributed by atoms with van der Waals surface area (Å²) in [6.45, 7) is 6.49. The third kappa shape index (κ3) is 3.20. The van der Waals surface area contributed by atoms with Crippen LogP contribution in [0.3, 0.4) is 0 Å². The number of imidazole rings is 1. The Bertz CT molecular complexity index is 1060. The second kappa shape index (κ2) is 7.20. The molecular weight excluding hydrogens is 363 g/mol. The molecule has 146 valence electrons. The molecule has 28 heavy (non-hydrogen) atoms. The largest absolute Gasteiger partial charge is 0.465 e. The Labute approximate surface area is 161 Å². The van der Waals surface area contributed by atoms with Crippen LogP contribution in [0.4, 0.5) is 10.1 Å². The first kappa shape index (κ1) is 18.4. The molecule has 0 amide bonds. The zero-order chi connectivity index (χ0) is 19.8. The number of aryl methyl sites for hydroxylation is 2. The number of hydrogen-bond donors (Lipinski definition) is 0. The van der Waals surface area contributed by atoms with Crippen LogP contribution in [0, 0.1) is 19.7 Å². The van der Waals surface area contributed by atoms with Crippen molar-refractivity contribution in [2.24, 2.45) is 0 Å². The molecule has 0 N–H and O–H groups in total. The van der Waals surface area contributed by atoms with Crippen molar-refractivity contribution in [3.05, 3.63) is 47.0 Å². The molecule has 0 aliphatic carbocycles. The van der Waals surface area contributed by atoms with Crippen molar-refractivity contribution in [1.82, 2.24) is 14.6 Å². The number of anilines is 1. The van der Waals surface area contributed by atoms with Gasteiger partial charge in [0, 0.05) is 18.7 Å². The number of halogens is 1. The lowest BCUT2D eigenvalue weighted by Crippen LogP contribution is -2.36. The summed E-state index contributed by atoms with van der Waals surface area (Å²) in [5.41, 5.74) is 4.42. The molecule has 8 heteroatoms. The average Bonchev–Trinajstić information content (AvgIpc) is 3.07. The van der Waals surface area contributed by atoms with Gasteiger partial charge in [-0.1, -0.05) is 0 Å². The number of nitrogens with zero attached hydrogens (tertiary/aromatic N) is 4. The molecule has 1 aliphatic heterocycles. The lowest BCUT2D eigenvalue weighted by molar-refractivity contribution is 0.0595. The predicted molar refractivity (Wildman–Crippen MR) is 102 cm³/mol. The number of aromatic nitrogens is 3. The van der Waals surface area contributed by atoms with Gasteiger partial charge in [-0.3, -0.25) is 0 Å². The third-order valence-electron chi connectivity index (χ3n) is 4.87. The van der Waals surface area contributed by atoms with Crippen LogP contribution in [0.5, 0.6) is 0 Å². The van der Waals surface area contributed by atoms with Crippen LogP contribution >= 0.6 is 0 Å². The number of carbonyl (C=O) groups is 1. The number of hydrogen-bond acceptors (Lipinski definition) is 6. The Morgan fingerprint density at radius 1 is 1.21 bits per heavy atom. The number of morpholine rings is 1. The van der Waals surface area contributed by atoms with Gasteiger partial charge in [0.15, 0.2) is 5.65 Å². The first-order valence-corrected chi connectivity index (χ1v) is 9.06. The molecule has 1 aromatic carbocycles. The highest BCUT2D eigenvalue weighted by Gasteiger charge is 2.21. The van der Waals surface area contributed by atoms with Crippen molar-refractivity contribution in [3.8, 4) is 11.3 Å². The fourth-order valence-corrected chi connectivity index (χ4v) is 3.46. The number of methoxy groups -OCH3 is 1. The van der Waals surface area contributed by atoms with E-state index in [1.807, 2.05) is 19.2 Å². The van der Waals surface area contributed by atoms with E-state index >= 15 is 0 Å². The van der Waals surface area contributed by atoms with Crippen LogP contribution in [0.25, 0.3) is 16.9 Å². The van der Waals surface area contributed by atoms with Gasteiger partial charge in [0.05, 0.1) is 49.2 Å². The van der Waals surface area contributed by atoms with E-state index in [2.05, 4.69) is 15.0 Å². The highest BCUT2D eigenvalue weighted by Crippen LogP contribution is 2.31. The summed E-state index contributed by atoms with van der Waals surface area (Å²) in [5, 5.41) is 4.66. The second-order valence-electron chi connectivity index (χ2n) is 6.80. The maximum atomic E-state index is 14.3. The Kier molecular flexibility index (Phi) is 4.72. The van der Waals surface area contributed by atoms with E-state index in [-0.39, 0.29) is 5.56 Å². The molecule has 0 spiro atoms. The SMILES string of the molecule is COC(=O)c1cc(-c2cc(N3CCOCC3)c3nc(C)cn3n2)c(C)cc1F. The molecule has 1 aliphatic rings. The van der Waals surface area contributed by atoms with Gasteiger partial charge in [-0.2, -0.15) is 5.10 Å². The van der Waals surface area contributed by atoms with Gasteiger partial charge in [-0.25, -0.2) is 18.7 Å². The van der Waals surface area contributed by atoms with Crippen molar-refractivity contribution >= 4 is 17.3 Å². The highest BCUT2D eigenvalue weighted by molar-refractivity contribution is 5.91. The number of rotatable bonds is 3. The third-order valence-corrected chi connectivity index (χ3v) is 4.87. The van der Waals surface area contributed by atoms with Gasteiger partial charge in [0.1, 0.15) is 5.82 Å². The minimum atomic E-state index is -0.716. The van der Waals surface area contributed by atoms with Crippen molar-refractivity contribution in [3.63, 3.8) is 0 Å². The smallest absolute Gasteiger partial charge is 0.340 e. The van der Waals surface area contributed by atoms with Gasteiger partial charge >= 0.3 is 5.97 Å². The molecule has 0 unspecified atom stereocenters. The normalized spacial score (nSPS) is 14.5. The van der Waals surface area contributed by atoms with Gasteiger partial charge in [0.2, 0.25) is 0 Å². The fraction of sp³-hybridized carbons (Fsp3) is 0.350. The molecule has 1 fully saturated rings. The molecule has 0 atom stereocenters. The Morgan fingerprint density at radius 2 is 1.96 bits per heavy atom. The molecule has 1 saturated heterocycles. The Balaban J connectivity index is 1.91. The number of ether oxygens (including phenoxy) is 2. The van der Waals surface area contributed by atoms with E-state index in [1.165, 1.54) is 19.2 Å². The lowest BCUT2D eigenvalue weighted by atomic mass is 10.0. The second-order valence-corrected chi connectivity index (χ2v) is 6.80. The molecule has 0 radical (unpaired) electrons. The van der Waals surface area contributed by atoms with Crippen LogP contribution in [0.2, 0.25) is 0 Å². The molecule has 4 rings (SSSR count). The number of benzene rings is 1. The maximum Gasteiger partial charge on any atom is 0.340 e. The maximum absolute atomic E-state index is 14.3. The summed E-state index contributed by atoms with van der Waals surface area (Å²) >= 11 is 0. The van der Waals surface area contributed by atoms with E-state index in [0.717, 1.165) is 30.1 Å². The van der Waals surface area contributed by atoms with Crippen molar-refractivity contribution in [1.29, 1.82) is 0 Å². The molecular formula is C20H21FN4O3. The average molecular weight is 384 g/mol. The fourth-order valence-electron chi connectivity index (χ4n) is 3.46. The van der Waals surface area contributed by atoms with Crippen LogP contribution in [0.15, 0.2) is 24.4 Å². The van der Waals surface area contributed by atoms with Crippen LogP contribution in [-0.4, -0.2) is 54.0 Å². The van der Waals surface area contributed by atoms with E-state index in [1.54, 1.807) is 11.4 Å². The van der Waals surface area contributed by atoms with Crippen molar-refractivity contribution in [2.75, 3.05) is 38.3 Å². The highest BCUT2D eigenvalue weighted by atomic mass is 19.1. The zero-order valence-electron chi connectivity index (χ0n) is 16.0. The monoisotopic (exact) mass is 384 g/mol. The van der Waals surface area contributed by atoms with E-state index < -0.39 is 11.8 Å². The summed E-state index contributed by atoms with van der Waals surface area (Å²) in [4.78, 5) is 18.7. The summed E-state index contributed by atoms with van der Waals surface area (Å²) in [7, 11) is 1.23. The van der Waals surface area contributed by atoms with E-state index in [9.17, 15) is 9.18 Å².